The molecule has 8 nitrogen and oxygen atoms in total. The van der Waals surface area contributed by atoms with Gasteiger partial charge in [0, 0.05) is 12.5 Å². The molecule has 0 amide bonds. The van der Waals surface area contributed by atoms with Crippen molar-refractivity contribution in [2.24, 2.45) is 23.9 Å². The molecule has 0 aliphatic heterocycles. The van der Waals surface area contributed by atoms with Gasteiger partial charge in [-0.1, -0.05) is 12.1 Å². The van der Waals surface area contributed by atoms with Crippen molar-refractivity contribution in [2.45, 2.75) is 13.5 Å². The molecule has 1 heterocycles. The molecule has 0 saturated carbocycles. The van der Waals surface area contributed by atoms with Crippen LogP contribution in [-0.4, -0.2) is 49.7 Å². The van der Waals surface area contributed by atoms with Crippen molar-refractivity contribution < 1.29 is 5.21 Å². The Kier molecular flexibility index (Phi) is 4.18. The van der Waals surface area contributed by atoms with Crippen LogP contribution in [0, 0.1) is 5.92 Å². The molecule has 90 valence electrons. The van der Waals surface area contributed by atoms with Crippen LogP contribution in [0.2, 0.25) is 0 Å². The first-order valence-electron chi connectivity index (χ1n) is 4.91. The van der Waals surface area contributed by atoms with E-state index in [0.29, 0.717) is 18.9 Å². The van der Waals surface area contributed by atoms with Crippen LogP contribution in [0.25, 0.3) is 0 Å². The van der Waals surface area contributed by atoms with Crippen LogP contribution in [0.3, 0.4) is 0 Å². The molecule has 0 bridgehead atoms. The lowest BCUT2D eigenvalue weighted by atomic mass is 10.1. The van der Waals surface area contributed by atoms with Crippen molar-refractivity contribution in [1.29, 1.82) is 0 Å². The SMILES string of the molecule is CC(CN(C)Cc1nnn(C)n1)C(N)=NO. The Labute approximate surface area is 93.7 Å². The molecule has 0 spiro atoms. The Balaban J connectivity index is 2.44. The van der Waals surface area contributed by atoms with Gasteiger partial charge in [0.15, 0.2) is 5.82 Å². The van der Waals surface area contributed by atoms with Gasteiger partial charge in [0.25, 0.3) is 0 Å². The van der Waals surface area contributed by atoms with Gasteiger partial charge >= 0.3 is 0 Å². The van der Waals surface area contributed by atoms with Gasteiger partial charge in [-0.3, -0.25) is 4.90 Å². The van der Waals surface area contributed by atoms with Crippen LogP contribution < -0.4 is 5.73 Å². The van der Waals surface area contributed by atoms with E-state index in [2.05, 4.69) is 20.6 Å². The Hall–Kier alpha value is -1.70. The molecule has 16 heavy (non-hydrogen) atoms. The highest BCUT2D eigenvalue weighted by molar-refractivity contribution is 5.82. The van der Waals surface area contributed by atoms with Crippen LogP contribution in [0.1, 0.15) is 12.7 Å². The smallest absolute Gasteiger partial charge is 0.188 e. The summed E-state index contributed by atoms with van der Waals surface area (Å²) < 4.78 is 0. The van der Waals surface area contributed by atoms with Crippen molar-refractivity contribution in [3.63, 3.8) is 0 Å². The summed E-state index contributed by atoms with van der Waals surface area (Å²) in [6.45, 7) is 3.13. The standard InChI is InChI=1S/C8H17N7O/c1-6(8(9)12-16)4-14(2)5-7-10-13-15(3)11-7/h6,16H,4-5H2,1-3H3,(H2,9,12). The van der Waals surface area contributed by atoms with Gasteiger partial charge in [0.1, 0.15) is 5.84 Å². The van der Waals surface area contributed by atoms with Crippen LogP contribution in [0.15, 0.2) is 5.16 Å². The predicted molar refractivity (Wildman–Crippen MR) is 57.7 cm³/mol. The number of aryl methyl sites for hydroxylation is 1. The lowest BCUT2D eigenvalue weighted by Gasteiger charge is -2.18. The lowest BCUT2D eigenvalue weighted by molar-refractivity contribution is 0.286. The largest absolute Gasteiger partial charge is 0.409 e. The molecule has 0 aliphatic rings. The van der Waals surface area contributed by atoms with Crippen LogP contribution in [0.4, 0.5) is 0 Å². The van der Waals surface area contributed by atoms with Crippen molar-refractivity contribution >= 4 is 5.84 Å². The number of oxime groups is 1. The number of hydrogen-bond acceptors (Lipinski definition) is 6. The second-order valence-electron chi connectivity index (χ2n) is 3.82. The first kappa shape index (κ1) is 12.4. The maximum Gasteiger partial charge on any atom is 0.188 e. The molecular weight excluding hydrogens is 210 g/mol. The molecule has 1 atom stereocenters. The van der Waals surface area contributed by atoms with Gasteiger partial charge in [-0.25, -0.2) is 0 Å². The fraction of sp³-hybridized carbons (Fsp3) is 0.750. The molecular formula is C8H17N7O. The third-order valence-electron chi connectivity index (χ3n) is 2.17. The van der Waals surface area contributed by atoms with Crippen LogP contribution in [-0.2, 0) is 13.6 Å². The summed E-state index contributed by atoms with van der Waals surface area (Å²) in [6.07, 6.45) is 0. The molecule has 0 saturated heterocycles. The van der Waals surface area contributed by atoms with Crippen LogP contribution >= 0.6 is 0 Å². The average molecular weight is 227 g/mol. The fourth-order valence-corrected chi connectivity index (χ4v) is 1.35. The van der Waals surface area contributed by atoms with E-state index in [1.807, 2.05) is 18.9 Å². The van der Waals surface area contributed by atoms with E-state index in [1.54, 1.807) is 7.05 Å². The molecule has 8 heteroatoms. The second-order valence-corrected chi connectivity index (χ2v) is 3.82. The van der Waals surface area contributed by atoms with Gasteiger partial charge in [0.2, 0.25) is 0 Å². The number of rotatable bonds is 5. The number of amidine groups is 1. The minimum absolute atomic E-state index is 0.0216. The van der Waals surface area contributed by atoms with E-state index in [1.165, 1.54) is 4.80 Å². The Morgan fingerprint density at radius 1 is 1.69 bits per heavy atom. The summed E-state index contributed by atoms with van der Waals surface area (Å²) >= 11 is 0. The molecule has 1 aromatic heterocycles. The van der Waals surface area contributed by atoms with E-state index in [-0.39, 0.29) is 11.8 Å². The minimum atomic E-state index is -0.0216. The minimum Gasteiger partial charge on any atom is -0.409 e. The number of hydrogen-bond donors (Lipinski definition) is 2. The zero-order chi connectivity index (χ0) is 12.1. The number of nitrogens with zero attached hydrogens (tertiary/aromatic N) is 6. The summed E-state index contributed by atoms with van der Waals surface area (Å²) in [4.78, 5) is 3.40. The van der Waals surface area contributed by atoms with Crippen molar-refractivity contribution in [2.75, 3.05) is 13.6 Å². The van der Waals surface area contributed by atoms with Gasteiger partial charge in [-0.05, 0) is 12.3 Å². The summed E-state index contributed by atoms with van der Waals surface area (Å²) in [5.74, 6) is 0.849. The van der Waals surface area contributed by atoms with Gasteiger partial charge in [0.05, 0.1) is 13.6 Å². The molecule has 0 aromatic carbocycles. The normalized spacial score (nSPS) is 14.4. The molecule has 1 rings (SSSR count). The molecule has 1 aromatic rings. The highest BCUT2D eigenvalue weighted by atomic mass is 16.4. The summed E-state index contributed by atoms with van der Waals surface area (Å²) in [6, 6.07) is 0. The van der Waals surface area contributed by atoms with Gasteiger partial charge < -0.3 is 10.9 Å². The molecule has 1 unspecified atom stereocenters. The molecule has 0 radical (unpaired) electrons. The highest BCUT2D eigenvalue weighted by Crippen LogP contribution is 2.01. The summed E-state index contributed by atoms with van der Waals surface area (Å²) in [5.41, 5.74) is 5.49. The van der Waals surface area contributed by atoms with E-state index in [9.17, 15) is 0 Å². The molecule has 0 fully saturated rings. The maximum atomic E-state index is 8.52. The zero-order valence-corrected chi connectivity index (χ0v) is 9.70. The molecule has 0 aliphatic carbocycles. The summed E-state index contributed by atoms with van der Waals surface area (Å²) in [5, 5.41) is 23.2. The predicted octanol–water partition coefficient (Wildman–Crippen LogP) is -0.976. The highest BCUT2D eigenvalue weighted by Gasteiger charge is 2.12. The Bertz CT molecular complexity index is 361. The zero-order valence-electron chi connectivity index (χ0n) is 9.70. The van der Waals surface area contributed by atoms with Crippen molar-refractivity contribution in [3.05, 3.63) is 5.82 Å². The van der Waals surface area contributed by atoms with Gasteiger partial charge in [-0.2, -0.15) is 4.80 Å². The first-order chi connectivity index (χ1) is 7.52. The van der Waals surface area contributed by atoms with E-state index >= 15 is 0 Å². The average Bonchev–Trinajstić information content (AvgIpc) is 2.62. The number of tetrazole rings is 1. The Morgan fingerprint density at radius 3 is 2.88 bits per heavy atom. The number of aromatic nitrogens is 4. The van der Waals surface area contributed by atoms with Crippen LogP contribution in [0.5, 0.6) is 0 Å². The van der Waals surface area contributed by atoms with E-state index in [4.69, 9.17) is 10.9 Å². The topological polar surface area (TPSA) is 105 Å². The van der Waals surface area contributed by atoms with Crippen molar-refractivity contribution in [3.8, 4) is 0 Å². The van der Waals surface area contributed by atoms with Crippen molar-refractivity contribution in [1.82, 2.24) is 25.1 Å². The monoisotopic (exact) mass is 227 g/mol. The van der Waals surface area contributed by atoms with Gasteiger partial charge in [-0.15, -0.1) is 10.2 Å². The fourth-order valence-electron chi connectivity index (χ4n) is 1.35. The third kappa shape index (κ3) is 3.46. The Morgan fingerprint density at radius 2 is 2.38 bits per heavy atom. The quantitative estimate of drug-likeness (QED) is 0.290. The molecule has 3 N–H and O–H groups in total. The lowest BCUT2D eigenvalue weighted by Crippen LogP contribution is -2.32. The van der Waals surface area contributed by atoms with E-state index in [0.717, 1.165) is 0 Å². The third-order valence-corrected chi connectivity index (χ3v) is 2.17. The van der Waals surface area contributed by atoms with E-state index < -0.39 is 0 Å². The summed E-state index contributed by atoms with van der Waals surface area (Å²) in [7, 11) is 3.63. The first-order valence-corrected chi connectivity index (χ1v) is 4.91. The maximum absolute atomic E-state index is 8.52. The number of nitrogens with two attached hydrogens (primary N) is 1. The second kappa shape index (κ2) is 5.40.